The Balaban J connectivity index is 1.54. The van der Waals surface area contributed by atoms with Gasteiger partial charge in [-0.3, -0.25) is 15.0 Å². The lowest BCUT2D eigenvalue weighted by Gasteiger charge is -2.14. The van der Waals surface area contributed by atoms with E-state index in [0.717, 1.165) is 25.3 Å². The minimum absolute atomic E-state index is 0.0508. The minimum Gasteiger partial charge on any atom is -0.488 e. The maximum atomic E-state index is 13.1. The fourth-order valence-electron chi connectivity index (χ4n) is 3.81. The van der Waals surface area contributed by atoms with Crippen molar-refractivity contribution in [3.05, 3.63) is 111 Å². The largest absolute Gasteiger partial charge is 0.488 e. The first-order valence-electron chi connectivity index (χ1n) is 10.5. The zero-order valence-corrected chi connectivity index (χ0v) is 21.0. The third-order valence-electron chi connectivity index (χ3n) is 5.52. The highest BCUT2D eigenvalue weighted by molar-refractivity contribution is 9.11. The van der Waals surface area contributed by atoms with Gasteiger partial charge in [0.05, 0.1) is 5.69 Å². The third kappa shape index (κ3) is 4.36. The van der Waals surface area contributed by atoms with Gasteiger partial charge >= 0.3 is 0 Å². The molecule has 0 bridgehead atoms. The van der Waals surface area contributed by atoms with E-state index in [4.69, 9.17) is 4.74 Å². The Morgan fingerprint density at radius 2 is 1.65 bits per heavy atom. The molecule has 0 aromatic heterocycles. The first-order valence-corrected chi connectivity index (χ1v) is 12.1. The third-order valence-corrected chi connectivity index (χ3v) is 6.75. The number of nitrogens with zero attached hydrogens (tertiary/aromatic N) is 1. The van der Waals surface area contributed by atoms with Crippen molar-refractivity contribution < 1.29 is 14.3 Å². The van der Waals surface area contributed by atoms with Crippen molar-refractivity contribution in [2.45, 2.75) is 6.61 Å². The molecule has 0 unspecified atom stereocenters. The predicted octanol–water partition coefficient (Wildman–Crippen LogP) is 6.41. The molecule has 0 saturated carbocycles. The quantitative estimate of drug-likeness (QED) is 0.220. The Bertz CT molecular complexity index is 1450. The van der Waals surface area contributed by atoms with Gasteiger partial charge in [-0.15, -0.1) is 0 Å². The van der Waals surface area contributed by atoms with Crippen molar-refractivity contribution in [2.75, 3.05) is 5.01 Å². The first kappa shape index (κ1) is 22.4. The number of para-hydroxylation sites is 1. The minimum atomic E-state index is -0.455. The number of hydrazine groups is 1. The Morgan fingerprint density at radius 1 is 0.882 bits per heavy atom. The second kappa shape index (κ2) is 9.44. The molecule has 1 fully saturated rings. The monoisotopic (exact) mass is 576 g/mol. The molecular formula is C27H18Br2N2O3. The van der Waals surface area contributed by atoms with E-state index in [-0.39, 0.29) is 5.57 Å². The lowest BCUT2D eigenvalue weighted by Crippen LogP contribution is -2.35. The molecule has 1 saturated heterocycles. The zero-order valence-electron chi connectivity index (χ0n) is 17.8. The van der Waals surface area contributed by atoms with Crippen LogP contribution < -0.4 is 15.2 Å². The second-order valence-electron chi connectivity index (χ2n) is 7.70. The molecule has 0 atom stereocenters. The number of carbonyl (C=O) groups is 2. The van der Waals surface area contributed by atoms with E-state index in [1.807, 2.05) is 72.8 Å². The number of anilines is 1. The van der Waals surface area contributed by atoms with Crippen LogP contribution in [0.5, 0.6) is 5.75 Å². The number of carbonyl (C=O) groups excluding carboxylic acids is 2. The number of fused-ring (bicyclic) bond motifs is 1. The highest BCUT2D eigenvalue weighted by Gasteiger charge is 2.34. The summed E-state index contributed by atoms with van der Waals surface area (Å²) in [5, 5.41) is 3.14. The highest BCUT2D eigenvalue weighted by Crippen LogP contribution is 2.33. The van der Waals surface area contributed by atoms with Gasteiger partial charge in [0.15, 0.2) is 0 Å². The topological polar surface area (TPSA) is 58.6 Å². The van der Waals surface area contributed by atoms with Gasteiger partial charge < -0.3 is 4.74 Å². The summed E-state index contributed by atoms with van der Waals surface area (Å²) in [5.74, 6) is -0.283. The fourth-order valence-corrected chi connectivity index (χ4v) is 4.97. The number of hydrogen-bond donors (Lipinski definition) is 1. The summed E-state index contributed by atoms with van der Waals surface area (Å²) < 4.78 is 8.09. The van der Waals surface area contributed by atoms with Gasteiger partial charge in [-0.05, 0) is 47.2 Å². The Morgan fingerprint density at radius 3 is 2.44 bits per heavy atom. The van der Waals surface area contributed by atoms with Crippen LogP contribution in [-0.2, 0) is 16.2 Å². The standard InChI is InChI=1S/C27H18Br2N2O3/c28-19-12-10-18(24(29)14-19)16-34-25-13-11-17-6-4-5-9-21(17)22(25)15-23-26(32)30-31(27(23)33)20-7-2-1-3-8-20/h1-15H,16H2,(H,30,32)/b23-15-. The molecule has 168 valence electrons. The molecular weight excluding hydrogens is 560 g/mol. The number of nitrogens with one attached hydrogen (secondary N) is 1. The van der Waals surface area contributed by atoms with Crippen molar-refractivity contribution in [3.8, 4) is 5.75 Å². The molecule has 7 heteroatoms. The summed E-state index contributed by atoms with van der Waals surface area (Å²) in [5.41, 5.74) is 4.95. The number of benzene rings is 4. The molecule has 1 aliphatic rings. The smallest absolute Gasteiger partial charge is 0.282 e. The molecule has 34 heavy (non-hydrogen) atoms. The Labute approximate surface area is 213 Å². The summed E-state index contributed by atoms with van der Waals surface area (Å²) in [6.07, 6.45) is 1.62. The van der Waals surface area contributed by atoms with E-state index in [9.17, 15) is 9.59 Å². The van der Waals surface area contributed by atoms with Crippen LogP contribution >= 0.6 is 31.9 Å². The summed E-state index contributed by atoms with van der Waals surface area (Å²) in [6, 6.07) is 26.5. The average Bonchev–Trinajstić information content (AvgIpc) is 3.13. The summed E-state index contributed by atoms with van der Waals surface area (Å²) >= 11 is 7.03. The van der Waals surface area contributed by atoms with Crippen LogP contribution in [-0.4, -0.2) is 11.8 Å². The molecule has 4 aromatic carbocycles. The van der Waals surface area contributed by atoms with Gasteiger partial charge in [-0.1, -0.05) is 86.5 Å². The van der Waals surface area contributed by atoms with Crippen molar-refractivity contribution in [1.82, 2.24) is 5.43 Å². The van der Waals surface area contributed by atoms with Gasteiger partial charge in [-0.25, -0.2) is 5.01 Å². The molecule has 4 aromatic rings. The molecule has 0 radical (unpaired) electrons. The van der Waals surface area contributed by atoms with Crippen molar-refractivity contribution in [3.63, 3.8) is 0 Å². The van der Waals surface area contributed by atoms with Crippen molar-refractivity contribution in [1.29, 1.82) is 0 Å². The van der Waals surface area contributed by atoms with Gasteiger partial charge in [0.25, 0.3) is 11.8 Å². The lowest BCUT2D eigenvalue weighted by atomic mass is 10.0. The van der Waals surface area contributed by atoms with Gasteiger partial charge in [0, 0.05) is 20.1 Å². The van der Waals surface area contributed by atoms with Gasteiger partial charge in [-0.2, -0.15) is 0 Å². The number of amides is 2. The Kier molecular flexibility index (Phi) is 6.22. The molecule has 5 rings (SSSR count). The number of halogens is 2. The fraction of sp³-hybridized carbons (Fsp3) is 0.0370. The summed E-state index contributed by atoms with van der Waals surface area (Å²) in [7, 11) is 0. The Hall–Kier alpha value is -3.42. The van der Waals surface area contributed by atoms with Crippen molar-refractivity contribution >= 4 is 66.2 Å². The molecule has 0 spiro atoms. The number of ether oxygens (including phenoxy) is 1. The molecule has 2 amide bonds. The van der Waals surface area contributed by atoms with Crippen LogP contribution in [0.25, 0.3) is 16.8 Å². The maximum Gasteiger partial charge on any atom is 0.282 e. The molecule has 1 N–H and O–H groups in total. The van der Waals surface area contributed by atoms with Crippen molar-refractivity contribution in [2.24, 2.45) is 0 Å². The number of hydrogen-bond acceptors (Lipinski definition) is 3. The number of rotatable bonds is 5. The van der Waals surface area contributed by atoms with E-state index < -0.39 is 11.8 Å². The van der Waals surface area contributed by atoms with Crippen LogP contribution in [0.3, 0.4) is 0 Å². The van der Waals surface area contributed by atoms with Gasteiger partial charge in [0.2, 0.25) is 0 Å². The van der Waals surface area contributed by atoms with Crippen LogP contribution in [0, 0.1) is 0 Å². The van der Waals surface area contributed by atoms with E-state index in [2.05, 4.69) is 37.3 Å². The zero-order chi connectivity index (χ0) is 23.7. The van der Waals surface area contributed by atoms with Crippen LogP contribution in [0.4, 0.5) is 5.69 Å². The highest BCUT2D eigenvalue weighted by atomic mass is 79.9. The summed E-state index contributed by atoms with van der Waals surface area (Å²) in [6.45, 7) is 0.318. The molecule has 1 heterocycles. The average molecular weight is 578 g/mol. The maximum absolute atomic E-state index is 13.1. The van der Waals surface area contributed by atoms with E-state index in [1.54, 1.807) is 18.2 Å². The van der Waals surface area contributed by atoms with E-state index >= 15 is 0 Å². The van der Waals surface area contributed by atoms with Crippen LogP contribution in [0.15, 0.2) is 99.4 Å². The molecule has 5 nitrogen and oxygen atoms in total. The second-order valence-corrected chi connectivity index (χ2v) is 9.47. The first-order chi connectivity index (χ1) is 16.5. The SMILES string of the molecule is O=C1NN(c2ccccc2)C(=O)/C1=C\c1c(OCc2ccc(Br)cc2Br)ccc2ccccc12. The van der Waals surface area contributed by atoms with E-state index in [1.165, 1.54) is 5.01 Å². The predicted molar refractivity (Wildman–Crippen MR) is 140 cm³/mol. The van der Waals surface area contributed by atoms with E-state index in [0.29, 0.717) is 23.6 Å². The normalized spacial score (nSPS) is 14.6. The molecule has 1 aliphatic heterocycles. The lowest BCUT2D eigenvalue weighted by molar-refractivity contribution is -0.117. The van der Waals surface area contributed by atoms with Crippen LogP contribution in [0.2, 0.25) is 0 Å². The summed E-state index contributed by atoms with van der Waals surface area (Å²) in [4.78, 5) is 25.9. The van der Waals surface area contributed by atoms with Gasteiger partial charge in [0.1, 0.15) is 17.9 Å². The molecule has 0 aliphatic carbocycles. The van der Waals surface area contributed by atoms with Crippen LogP contribution in [0.1, 0.15) is 11.1 Å².